The summed E-state index contributed by atoms with van der Waals surface area (Å²) >= 11 is 0. The Morgan fingerprint density at radius 3 is 1.19 bits per heavy atom. The van der Waals surface area contributed by atoms with Crippen molar-refractivity contribution >= 4 is 8.32 Å². The molecule has 48 heavy (non-hydrogen) atoms. The van der Waals surface area contributed by atoms with E-state index in [1.165, 1.54) is 167 Å². The summed E-state index contributed by atoms with van der Waals surface area (Å²) in [6, 6.07) is 0. The third-order valence-corrected chi connectivity index (χ3v) is 15.9. The predicted molar refractivity (Wildman–Crippen MR) is 222 cm³/mol. The molecule has 0 heterocycles. The molecule has 1 nitrogen and oxygen atoms in total. The lowest BCUT2D eigenvalue weighted by atomic mass is 9.61. The quantitative estimate of drug-likeness (QED) is 0.0390. The second-order valence-electron chi connectivity index (χ2n) is 17.1. The van der Waals surface area contributed by atoms with E-state index in [0.717, 1.165) is 12.8 Å². The van der Waals surface area contributed by atoms with Crippen LogP contribution in [-0.4, -0.2) is 14.4 Å². The molecule has 1 saturated carbocycles. The first-order chi connectivity index (χ1) is 23.2. The third-order valence-electron chi connectivity index (χ3n) is 11.4. The molecular formula is C46H86OSi. The van der Waals surface area contributed by atoms with Crippen molar-refractivity contribution in [3.05, 3.63) is 48.6 Å². The van der Waals surface area contributed by atoms with Gasteiger partial charge in [-0.2, -0.15) is 0 Å². The molecule has 1 aliphatic carbocycles. The zero-order valence-corrected chi connectivity index (χ0v) is 34.9. The Bertz CT molecular complexity index is 785. The van der Waals surface area contributed by atoms with Crippen molar-refractivity contribution < 1.29 is 4.43 Å². The highest BCUT2D eigenvalue weighted by Gasteiger charge is 2.48. The monoisotopic (exact) mass is 683 g/mol. The van der Waals surface area contributed by atoms with Crippen molar-refractivity contribution in [1.29, 1.82) is 0 Å². The Hall–Kier alpha value is -0.863. The van der Waals surface area contributed by atoms with Crippen LogP contribution in [-0.2, 0) is 4.43 Å². The largest absolute Gasteiger partial charge is 0.414 e. The standard InChI is InChI=1S/C46H86OSi/c1-8-10-12-14-16-18-20-22-24-26-28-30-32-34-36-38-40-46(42-44(43-46)47-48(6,7)45(3,4)5)41-39-37-35-33-31-29-27-25-23-21-19-17-15-13-11-9-2/h16-19,22-25,44H,8-15,20-21,26-43H2,1-7H3/b18-16-,19-17-,24-22-,25-23-. The second kappa shape index (κ2) is 28.8. The summed E-state index contributed by atoms with van der Waals surface area (Å²) in [5.41, 5.74) is 0.581. The van der Waals surface area contributed by atoms with E-state index in [9.17, 15) is 0 Å². The maximum atomic E-state index is 6.88. The minimum Gasteiger partial charge on any atom is -0.414 e. The van der Waals surface area contributed by atoms with Crippen LogP contribution in [0.4, 0.5) is 0 Å². The molecule has 0 saturated heterocycles. The van der Waals surface area contributed by atoms with Gasteiger partial charge in [-0.1, -0.05) is 173 Å². The molecule has 1 rings (SSSR count). The predicted octanol–water partition coefficient (Wildman–Crippen LogP) is 16.6. The first-order valence-corrected chi connectivity index (χ1v) is 24.3. The van der Waals surface area contributed by atoms with Crippen LogP contribution in [0.3, 0.4) is 0 Å². The van der Waals surface area contributed by atoms with Gasteiger partial charge in [-0.15, -0.1) is 0 Å². The van der Waals surface area contributed by atoms with Crippen LogP contribution in [0, 0.1) is 5.41 Å². The average Bonchev–Trinajstić information content (AvgIpc) is 3.02. The molecule has 0 radical (unpaired) electrons. The molecule has 0 aromatic heterocycles. The van der Waals surface area contributed by atoms with Gasteiger partial charge in [0.2, 0.25) is 0 Å². The number of unbranched alkanes of at least 4 members (excludes halogenated alkanes) is 18. The van der Waals surface area contributed by atoms with E-state index < -0.39 is 8.32 Å². The molecule has 280 valence electrons. The molecular weight excluding hydrogens is 597 g/mol. The molecule has 0 aromatic rings. The Balaban J connectivity index is 2.24. The molecule has 0 atom stereocenters. The maximum Gasteiger partial charge on any atom is 0.192 e. The zero-order valence-electron chi connectivity index (χ0n) is 33.9. The summed E-state index contributed by atoms with van der Waals surface area (Å²) in [4.78, 5) is 0. The summed E-state index contributed by atoms with van der Waals surface area (Å²) in [5, 5.41) is 0.312. The fourth-order valence-electron chi connectivity index (χ4n) is 7.09. The zero-order chi connectivity index (χ0) is 35.2. The lowest BCUT2D eigenvalue weighted by Crippen LogP contribution is -2.51. The topological polar surface area (TPSA) is 9.23 Å². The van der Waals surface area contributed by atoms with Crippen molar-refractivity contribution in [3.8, 4) is 0 Å². The van der Waals surface area contributed by atoms with Crippen molar-refractivity contribution in [2.45, 2.75) is 239 Å². The summed E-state index contributed by atoms with van der Waals surface area (Å²) in [5.74, 6) is 0. The lowest BCUT2D eigenvalue weighted by molar-refractivity contribution is -0.0374. The van der Waals surface area contributed by atoms with E-state index >= 15 is 0 Å². The second-order valence-corrected chi connectivity index (χ2v) is 21.8. The van der Waals surface area contributed by atoms with E-state index in [0.29, 0.717) is 16.6 Å². The molecule has 0 spiro atoms. The van der Waals surface area contributed by atoms with Crippen molar-refractivity contribution in [2.75, 3.05) is 0 Å². The highest BCUT2D eigenvalue weighted by atomic mass is 28.4. The minimum atomic E-state index is -1.67. The summed E-state index contributed by atoms with van der Waals surface area (Å²) in [7, 11) is -1.67. The average molecular weight is 683 g/mol. The van der Waals surface area contributed by atoms with E-state index in [1.54, 1.807) is 0 Å². The molecule has 0 amide bonds. The maximum absolute atomic E-state index is 6.88. The number of allylic oxidation sites excluding steroid dienone is 8. The first kappa shape index (κ1) is 45.2. The van der Waals surface area contributed by atoms with Gasteiger partial charge in [0.05, 0.1) is 0 Å². The van der Waals surface area contributed by atoms with Crippen LogP contribution in [0.25, 0.3) is 0 Å². The van der Waals surface area contributed by atoms with E-state index in [1.807, 2.05) is 0 Å². The molecule has 0 unspecified atom stereocenters. The van der Waals surface area contributed by atoms with E-state index in [-0.39, 0.29) is 0 Å². The van der Waals surface area contributed by atoms with Gasteiger partial charge in [-0.05, 0) is 113 Å². The molecule has 0 aliphatic heterocycles. The summed E-state index contributed by atoms with van der Waals surface area (Å²) in [6.07, 6.45) is 57.3. The molecule has 0 bridgehead atoms. The fourth-order valence-corrected chi connectivity index (χ4v) is 8.45. The Labute approximate surface area is 304 Å². The van der Waals surface area contributed by atoms with Crippen molar-refractivity contribution in [3.63, 3.8) is 0 Å². The SMILES string of the molecule is CCCCC/C=C\C/C=C\CCCCCCCCC1(CCCCCCCC/C=C\C/C=C\CCCCC)CC(O[Si](C)(C)C(C)(C)C)C1. The van der Waals surface area contributed by atoms with Gasteiger partial charge in [-0.3, -0.25) is 0 Å². The van der Waals surface area contributed by atoms with Gasteiger partial charge in [0, 0.05) is 6.10 Å². The van der Waals surface area contributed by atoms with Gasteiger partial charge >= 0.3 is 0 Å². The van der Waals surface area contributed by atoms with Gasteiger partial charge in [0.1, 0.15) is 0 Å². The molecule has 1 aliphatic rings. The molecule has 0 aromatic carbocycles. The lowest BCUT2D eigenvalue weighted by Gasteiger charge is -2.52. The van der Waals surface area contributed by atoms with Crippen molar-refractivity contribution in [2.24, 2.45) is 5.41 Å². The van der Waals surface area contributed by atoms with E-state index in [2.05, 4.69) is 96.3 Å². The van der Waals surface area contributed by atoms with Gasteiger partial charge < -0.3 is 4.43 Å². The Kier molecular flexibility index (Phi) is 27.1. The first-order valence-electron chi connectivity index (χ1n) is 21.4. The van der Waals surface area contributed by atoms with Gasteiger partial charge in [0.15, 0.2) is 8.32 Å². The number of hydrogen-bond acceptors (Lipinski definition) is 1. The number of hydrogen-bond donors (Lipinski definition) is 0. The van der Waals surface area contributed by atoms with Crippen molar-refractivity contribution in [1.82, 2.24) is 0 Å². The summed E-state index contributed by atoms with van der Waals surface area (Å²) in [6.45, 7) is 16.6. The minimum absolute atomic E-state index is 0.312. The van der Waals surface area contributed by atoms with Gasteiger partial charge in [-0.25, -0.2) is 0 Å². The molecule has 0 N–H and O–H groups in total. The van der Waals surface area contributed by atoms with E-state index in [4.69, 9.17) is 4.43 Å². The van der Waals surface area contributed by atoms with Crippen LogP contribution in [0.15, 0.2) is 48.6 Å². The fraction of sp³-hybridized carbons (Fsp3) is 0.826. The van der Waals surface area contributed by atoms with Crippen LogP contribution < -0.4 is 0 Å². The van der Waals surface area contributed by atoms with Crippen LogP contribution in [0.5, 0.6) is 0 Å². The van der Waals surface area contributed by atoms with Crippen LogP contribution in [0.1, 0.15) is 214 Å². The highest BCUT2D eigenvalue weighted by molar-refractivity contribution is 6.74. The number of rotatable bonds is 32. The Morgan fingerprint density at radius 1 is 0.500 bits per heavy atom. The third kappa shape index (κ3) is 23.5. The molecule has 2 heteroatoms. The van der Waals surface area contributed by atoms with Crippen LogP contribution >= 0.6 is 0 Å². The highest BCUT2D eigenvalue weighted by Crippen LogP contribution is 2.52. The van der Waals surface area contributed by atoms with Gasteiger partial charge in [0.25, 0.3) is 0 Å². The summed E-state index contributed by atoms with van der Waals surface area (Å²) < 4.78 is 6.88. The Morgan fingerprint density at radius 2 is 0.833 bits per heavy atom. The normalized spacial score (nSPS) is 16.0. The smallest absolute Gasteiger partial charge is 0.192 e. The van der Waals surface area contributed by atoms with Crippen LogP contribution in [0.2, 0.25) is 18.1 Å². The molecule has 1 fully saturated rings.